The normalized spacial score (nSPS) is 11.8. The maximum absolute atomic E-state index is 12.8. The Kier molecular flexibility index (Phi) is 31.1. The first kappa shape index (κ1) is 41.3. The Hall–Kier alpha value is -0.740. The molecule has 0 rings (SSSR count). The lowest BCUT2D eigenvalue weighted by atomic mass is 9.84. The first-order valence-electron chi connectivity index (χ1n) is 19.1. The van der Waals surface area contributed by atoms with Gasteiger partial charge in [-0.3, -0.25) is 9.59 Å². The van der Waals surface area contributed by atoms with E-state index in [0.717, 1.165) is 38.5 Å². The van der Waals surface area contributed by atoms with E-state index in [1.165, 1.54) is 154 Å². The van der Waals surface area contributed by atoms with Gasteiger partial charge in [0.15, 0.2) is 11.6 Å². The zero-order valence-electron chi connectivity index (χ0n) is 28.8. The number of nitrogens with two attached hydrogens (primary N) is 2. The molecule has 250 valence electrons. The first-order chi connectivity index (χ1) is 20.5. The molecule has 0 fully saturated rings. The number of Topliss-reactive ketones (excluding diaryl/α,β-unsaturated/α-hetero) is 2. The lowest BCUT2D eigenvalue weighted by molar-refractivity contribution is -0.134. The molecule has 0 amide bonds. The van der Waals surface area contributed by atoms with E-state index in [4.69, 9.17) is 11.5 Å². The number of rotatable bonds is 35. The second kappa shape index (κ2) is 31.7. The van der Waals surface area contributed by atoms with Crippen molar-refractivity contribution in [1.82, 2.24) is 0 Å². The molecule has 0 aliphatic rings. The van der Waals surface area contributed by atoms with Crippen LogP contribution >= 0.6 is 0 Å². The zero-order chi connectivity index (χ0) is 31.0. The molecule has 0 spiro atoms. The molecule has 4 N–H and O–H groups in total. The quantitative estimate of drug-likeness (QED) is 0.0566. The van der Waals surface area contributed by atoms with E-state index in [1.807, 2.05) is 0 Å². The standard InChI is InChI=1S/C38H76N2O2/c1-3-5-7-9-11-13-15-17-19-21-23-25-27-29-31-33-36(41)38(40,35-39)37(42)34-32-30-28-26-24-22-20-18-16-14-12-10-8-6-4-2/h3-35,39-40H2,1-2H3. The van der Waals surface area contributed by atoms with Gasteiger partial charge in [-0.25, -0.2) is 0 Å². The molecule has 4 nitrogen and oxygen atoms in total. The number of carbonyl (C=O) groups excluding carboxylic acids is 2. The third-order valence-corrected chi connectivity index (χ3v) is 9.33. The zero-order valence-corrected chi connectivity index (χ0v) is 28.8. The van der Waals surface area contributed by atoms with Gasteiger partial charge in [-0.2, -0.15) is 0 Å². The number of hydrogen-bond donors (Lipinski definition) is 2. The highest BCUT2D eigenvalue weighted by atomic mass is 16.2. The fraction of sp³-hybridized carbons (Fsp3) is 0.947. The molecule has 0 heterocycles. The molecule has 0 aromatic heterocycles. The minimum absolute atomic E-state index is 0.0673. The average molecular weight is 593 g/mol. The van der Waals surface area contributed by atoms with Crippen molar-refractivity contribution in [2.45, 2.75) is 225 Å². The fourth-order valence-electron chi connectivity index (χ4n) is 6.14. The smallest absolute Gasteiger partial charge is 0.161 e. The lowest BCUT2D eigenvalue weighted by Crippen LogP contribution is -2.60. The summed E-state index contributed by atoms with van der Waals surface area (Å²) in [7, 11) is 0. The van der Waals surface area contributed by atoms with Crippen LogP contribution in [0.25, 0.3) is 0 Å². The molecule has 0 saturated heterocycles. The number of ketones is 2. The van der Waals surface area contributed by atoms with Crippen molar-refractivity contribution < 1.29 is 9.59 Å². The van der Waals surface area contributed by atoms with Gasteiger partial charge in [-0.1, -0.05) is 194 Å². The number of hydrogen-bond acceptors (Lipinski definition) is 4. The van der Waals surface area contributed by atoms with Crippen molar-refractivity contribution in [1.29, 1.82) is 0 Å². The third-order valence-electron chi connectivity index (χ3n) is 9.33. The minimum Gasteiger partial charge on any atom is -0.328 e. The molecule has 0 aliphatic heterocycles. The largest absolute Gasteiger partial charge is 0.328 e. The highest BCUT2D eigenvalue weighted by molar-refractivity contribution is 6.11. The summed E-state index contributed by atoms with van der Waals surface area (Å²) < 4.78 is 0. The van der Waals surface area contributed by atoms with E-state index in [1.54, 1.807) is 0 Å². The van der Waals surface area contributed by atoms with Crippen molar-refractivity contribution in [3.8, 4) is 0 Å². The van der Waals surface area contributed by atoms with E-state index in [9.17, 15) is 9.59 Å². The number of carbonyl (C=O) groups is 2. The molecule has 0 radical (unpaired) electrons. The summed E-state index contributed by atoms with van der Waals surface area (Å²) in [6.45, 7) is 4.48. The van der Waals surface area contributed by atoms with Crippen molar-refractivity contribution in [3.63, 3.8) is 0 Å². The van der Waals surface area contributed by atoms with Crippen LogP contribution in [0.15, 0.2) is 0 Å². The Balaban J connectivity index is 3.67. The highest BCUT2D eigenvalue weighted by Crippen LogP contribution is 2.18. The van der Waals surface area contributed by atoms with Gasteiger partial charge in [0.25, 0.3) is 0 Å². The van der Waals surface area contributed by atoms with Gasteiger partial charge in [0.2, 0.25) is 0 Å². The fourth-order valence-corrected chi connectivity index (χ4v) is 6.14. The molecule has 0 atom stereocenters. The molecule has 0 aromatic carbocycles. The maximum Gasteiger partial charge on any atom is 0.161 e. The van der Waals surface area contributed by atoms with Crippen LogP contribution < -0.4 is 11.5 Å². The number of unbranched alkanes of at least 4 members (excludes halogenated alkanes) is 28. The highest BCUT2D eigenvalue weighted by Gasteiger charge is 2.38. The van der Waals surface area contributed by atoms with Crippen LogP contribution in [-0.4, -0.2) is 23.7 Å². The monoisotopic (exact) mass is 593 g/mol. The molecule has 0 bridgehead atoms. The Labute approximate surface area is 263 Å². The van der Waals surface area contributed by atoms with Crippen molar-refractivity contribution in [3.05, 3.63) is 0 Å². The van der Waals surface area contributed by atoms with Gasteiger partial charge >= 0.3 is 0 Å². The second-order valence-corrected chi connectivity index (χ2v) is 13.4. The van der Waals surface area contributed by atoms with Crippen molar-refractivity contribution >= 4 is 11.6 Å². The average Bonchev–Trinajstić information content (AvgIpc) is 3.00. The summed E-state index contributed by atoms with van der Waals surface area (Å²) >= 11 is 0. The van der Waals surface area contributed by atoms with Crippen LogP contribution in [0.1, 0.15) is 219 Å². The third kappa shape index (κ3) is 24.7. The molecule has 0 unspecified atom stereocenters. The predicted molar refractivity (Wildman–Crippen MR) is 185 cm³/mol. The Morgan fingerprint density at radius 3 is 0.762 bits per heavy atom. The Bertz CT molecular complexity index is 546. The van der Waals surface area contributed by atoms with Crippen LogP contribution in [0.2, 0.25) is 0 Å². The van der Waals surface area contributed by atoms with E-state index < -0.39 is 5.54 Å². The maximum atomic E-state index is 12.8. The second-order valence-electron chi connectivity index (χ2n) is 13.4. The van der Waals surface area contributed by atoms with E-state index in [-0.39, 0.29) is 18.1 Å². The van der Waals surface area contributed by atoms with Crippen LogP contribution in [0.3, 0.4) is 0 Å². The van der Waals surface area contributed by atoms with Gasteiger partial charge < -0.3 is 11.5 Å². The van der Waals surface area contributed by atoms with Crippen LogP contribution in [-0.2, 0) is 9.59 Å². The van der Waals surface area contributed by atoms with Gasteiger partial charge in [0, 0.05) is 19.4 Å². The van der Waals surface area contributed by atoms with Crippen LogP contribution in [0.4, 0.5) is 0 Å². The molecular weight excluding hydrogens is 516 g/mol. The summed E-state index contributed by atoms with van der Waals surface area (Å²) in [6, 6.07) is 0. The van der Waals surface area contributed by atoms with Crippen molar-refractivity contribution in [2.75, 3.05) is 6.54 Å². The molecule has 0 aromatic rings. The minimum atomic E-state index is -1.47. The summed E-state index contributed by atoms with van der Waals surface area (Å²) in [4.78, 5) is 25.6. The Morgan fingerprint density at radius 2 is 0.571 bits per heavy atom. The van der Waals surface area contributed by atoms with Crippen molar-refractivity contribution in [2.24, 2.45) is 11.5 Å². The summed E-state index contributed by atoms with van der Waals surface area (Å²) in [5, 5.41) is 0. The first-order valence-corrected chi connectivity index (χ1v) is 19.1. The van der Waals surface area contributed by atoms with E-state index >= 15 is 0 Å². The van der Waals surface area contributed by atoms with Crippen LogP contribution in [0.5, 0.6) is 0 Å². The molecular formula is C38H76N2O2. The van der Waals surface area contributed by atoms with Gasteiger partial charge in [-0.15, -0.1) is 0 Å². The van der Waals surface area contributed by atoms with E-state index in [2.05, 4.69) is 13.8 Å². The van der Waals surface area contributed by atoms with E-state index in [0.29, 0.717) is 12.8 Å². The molecule has 0 saturated carbocycles. The molecule has 42 heavy (non-hydrogen) atoms. The van der Waals surface area contributed by atoms with Gasteiger partial charge in [0.1, 0.15) is 5.54 Å². The van der Waals surface area contributed by atoms with Gasteiger partial charge in [0.05, 0.1) is 0 Å². The lowest BCUT2D eigenvalue weighted by Gasteiger charge is -2.25. The summed E-state index contributed by atoms with van der Waals surface area (Å²) in [5.74, 6) is -0.295. The molecule has 4 heteroatoms. The predicted octanol–water partition coefficient (Wildman–Crippen LogP) is 11.3. The Morgan fingerprint density at radius 1 is 0.381 bits per heavy atom. The van der Waals surface area contributed by atoms with Crippen LogP contribution in [0, 0.1) is 0 Å². The molecule has 0 aliphatic carbocycles. The van der Waals surface area contributed by atoms with Gasteiger partial charge in [-0.05, 0) is 12.8 Å². The topological polar surface area (TPSA) is 86.2 Å². The summed E-state index contributed by atoms with van der Waals surface area (Å²) in [6.07, 6.45) is 39.6. The SMILES string of the molecule is CCCCCCCCCCCCCCCCCC(=O)C(N)(CN)C(=O)CCCCCCCCCCCCCCCCC. The summed E-state index contributed by atoms with van der Waals surface area (Å²) in [5.41, 5.74) is 10.7.